The number of hydrogen-bond donors (Lipinski definition) is 1. The molecule has 0 unspecified atom stereocenters. The van der Waals surface area contributed by atoms with Gasteiger partial charge in [0.2, 0.25) is 0 Å². The van der Waals surface area contributed by atoms with E-state index in [1.165, 1.54) is 12.1 Å². The molecule has 0 saturated heterocycles. The average molecular weight is 272 g/mol. The Morgan fingerprint density at radius 2 is 1.80 bits per heavy atom. The second kappa shape index (κ2) is 5.74. The van der Waals surface area contributed by atoms with Gasteiger partial charge in [0.25, 0.3) is 0 Å². The summed E-state index contributed by atoms with van der Waals surface area (Å²) in [6.07, 6.45) is 0. The molecule has 2 rings (SSSR count). The Labute approximate surface area is 117 Å². The lowest BCUT2D eigenvalue weighted by Gasteiger charge is -2.13. The van der Waals surface area contributed by atoms with Crippen LogP contribution in [0.3, 0.4) is 0 Å². The van der Waals surface area contributed by atoms with E-state index < -0.39 is 0 Å². The molecule has 104 valence electrons. The average Bonchev–Trinajstić information content (AvgIpc) is 2.47. The Bertz CT molecular complexity index is 648. The summed E-state index contributed by atoms with van der Waals surface area (Å²) in [5.74, 6) is 0.917. The third kappa shape index (κ3) is 2.64. The molecule has 4 heteroatoms. The summed E-state index contributed by atoms with van der Waals surface area (Å²) in [6.45, 7) is 1.93. The van der Waals surface area contributed by atoms with Gasteiger partial charge in [-0.3, -0.25) is 4.99 Å². The maximum atomic E-state index is 13.0. The van der Waals surface area contributed by atoms with Crippen molar-refractivity contribution in [3.8, 4) is 16.9 Å². The summed E-state index contributed by atoms with van der Waals surface area (Å²) in [5.41, 5.74) is 9.49. The maximum Gasteiger partial charge on any atom is 0.125 e. The van der Waals surface area contributed by atoms with Crippen LogP contribution in [0.1, 0.15) is 11.1 Å². The molecule has 2 aromatic carbocycles. The summed E-state index contributed by atoms with van der Waals surface area (Å²) in [7, 11) is 3.26. The molecule has 0 bridgehead atoms. The van der Waals surface area contributed by atoms with Crippen molar-refractivity contribution in [2.75, 3.05) is 14.2 Å². The minimum atomic E-state index is -0.261. The number of rotatable bonds is 3. The highest BCUT2D eigenvalue weighted by atomic mass is 19.1. The largest absolute Gasteiger partial charge is 0.496 e. The van der Waals surface area contributed by atoms with Crippen molar-refractivity contribution < 1.29 is 9.13 Å². The van der Waals surface area contributed by atoms with E-state index in [2.05, 4.69) is 4.99 Å². The fourth-order valence-electron chi connectivity index (χ4n) is 2.10. The Balaban J connectivity index is 2.62. The number of aliphatic imine (C=N–C) groups is 1. The van der Waals surface area contributed by atoms with Crippen LogP contribution in [0.4, 0.5) is 4.39 Å². The normalized spacial score (nSPS) is 11.5. The van der Waals surface area contributed by atoms with Crippen LogP contribution in [0, 0.1) is 12.7 Å². The summed E-state index contributed by atoms with van der Waals surface area (Å²) < 4.78 is 18.4. The molecule has 0 aromatic heterocycles. The van der Waals surface area contributed by atoms with Gasteiger partial charge in [-0.05, 0) is 42.3 Å². The number of amidine groups is 1. The van der Waals surface area contributed by atoms with E-state index in [9.17, 15) is 4.39 Å². The molecule has 0 radical (unpaired) electrons. The first kappa shape index (κ1) is 14.1. The van der Waals surface area contributed by atoms with Gasteiger partial charge in [0, 0.05) is 18.2 Å². The van der Waals surface area contributed by atoms with Crippen molar-refractivity contribution in [1.82, 2.24) is 0 Å². The van der Waals surface area contributed by atoms with Crippen LogP contribution in [0.2, 0.25) is 0 Å². The van der Waals surface area contributed by atoms with E-state index in [1.807, 2.05) is 19.1 Å². The zero-order valence-electron chi connectivity index (χ0n) is 11.8. The third-order valence-electron chi connectivity index (χ3n) is 3.27. The summed E-state index contributed by atoms with van der Waals surface area (Å²) in [4.78, 5) is 4.02. The summed E-state index contributed by atoms with van der Waals surface area (Å²) in [6, 6.07) is 10.2. The van der Waals surface area contributed by atoms with Crippen molar-refractivity contribution in [2.45, 2.75) is 6.92 Å². The van der Waals surface area contributed by atoms with Crippen molar-refractivity contribution in [2.24, 2.45) is 10.7 Å². The molecule has 0 aliphatic rings. The van der Waals surface area contributed by atoms with Crippen LogP contribution in [0.5, 0.6) is 5.75 Å². The van der Waals surface area contributed by atoms with Gasteiger partial charge in [0.1, 0.15) is 17.4 Å². The fourth-order valence-corrected chi connectivity index (χ4v) is 2.10. The molecule has 0 fully saturated rings. The molecule has 0 amide bonds. The lowest BCUT2D eigenvalue weighted by molar-refractivity contribution is 0.412. The molecule has 0 saturated carbocycles. The number of nitrogens with two attached hydrogens (primary N) is 1. The molecule has 2 N–H and O–H groups in total. The van der Waals surface area contributed by atoms with Crippen LogP contribution in [0.15, 0.2) is 41.4 Å². The number of halogens is 1. The number of nitrogens with zero attached hydrogens (tertiary/aromatic N) is 1. The molecule has 2 aromatic rings. The Hall–Kier alpha value is -2.36. The van der Waals surface area contributed by atoms with Crippen molar-refractivity contribution in [3.63, 3.8) is 0 Å². The monoisotopic (exact) mass is 272 g/mol. The van der Waals surface area contributed by atoms with E-state index in [0.717, 1.165) is 28.0 Å². The number of benzene rings is 2. The minimum Gasteiger partial charge on any atom is -0.496 e. The third-order valence-corrected chi connectivity index (χ3v) is 3.27. The molecule has 3 nitrogen and oxygen atoms in total. The van der Waals surface area contributed by atoms with E-state index in [0.29, 0.717) is 5.84 Å². The van der Waals surface area contributed by atoms with Gasteiger partial charge in [-0.1, -0.05) is 12.1 Å². The lowest BCUT2D eigenvalue weighted by Crippen LogP contribution is -2.15. The van der Waals surface area contributed by atoms with E-state index in [-0.39, 0.29) is 5.82 Å². The quantitative estimate of drug-likeness (QED) is 0.689. The topological polar surface area (TPSA) is 47.6 Å². The standard InChI is InChI=1S/C16H17FN2O/c1-10-14(16(18)19-2)8-12(9-15(10)20-3)11-4-6-13(17)7-5-11/h4-9H,1-3H3,(H2,18,19). The van der Waals surface area contributed by atoms with E-state index >= 15 is 0 Å². The number of ether oxygens (including phenoxy) is 1. The van der Waals surface area contributed by atoms with Crippen LogP contribution < -0.4 is 10.5 Å². The molecule has 0 spiro atoms. The van der Waals surface area contributed by atoms with Gasteiger partial charge >= 0.3 is 0 Å². The Kier molecular flexibility index (Phi) is 4.03. The lowest BCUT2D eigenvalue weighted by atomic mass is 9.98. The molecular weight excluding hydrogens is 255 g/mol. The molecule has 0 atom stereocenters. The SMILES string of the molecule is CN=C(N)c1cc(-c2ccc(F)cc2)cc(OC)c1C. The smallest absolute Gasteiger partial charge is 0.125 e. The molecule has 20 heavy (non-hydrogen) atoms. The Morgan fingerprint density at radius 1 is 1.15 bits per heavy atom. The Morgan fingerprint density at radius 3 is 2.35 bits per heavy atom. The van der Waals surface area contributed by atoms with Gasteiger partial charge in [0.05, 0.1) is 7.11 Å². The number of methoxy groups -OCH3 is 1. The van der Waals surface area contributed by atoms with Crippen LogP contribution in [-0.4, -0.2) is 20.0 Å². The maximum absolute atomic E-state index is 13.0. The van der Waals surface area contributed by atoms with Gasteiger partial charge in [-0.15, -0.1) is 0 Å². The number of hydrogen-bond acceptors (Lipinski definition) is 2. The fraction of sp³-hybridized carbons (Fsp3) is 0.188. The second-order valence-electron chi connectivity index (χ2n) is 4.47. The highest BCUT2D eigenvalue weighted by Crippen LogP contribution is 2.30. The molecule has 0 aliphatic carbocycles. The summed E-state index contributed by atoms with van der Waals surface area (Å²) in [5, 5.41) is 0. The first-order chi connectivity index (χ1) is 9.56. The van der Waals surface area contributed by atoms with Crippen LogP contribution in [0.25, 0.3) is 11.1 Å². The predicted molar refractivity (Wildman–Crippen MR) is 79.8 cm³/mol. The molecular formula is C16H17FN2O. The molecule has 0 aliphatic heterocycles. The van der Waals surface area contributed by atoms with Crippen LogP contribution >= 0.6 is 0 Å². The first-order valence-corrected chi connectivity index (χ1v) is 6.24. The van der Waals surface area contributed by atoms with Crippen molar-refractivity contribution >= 4 is 5.84 Å². The van der Waals surface area contributed by atoms with Gasteiger partial charge in [0.15, 0.2) is 0 Å². The van der Waals surface area contributed by atoms with E-state index in [4.69, 9.17) is 10.5 Å². The van der Waals surface area contributed by atoms with Crippen molar-refractivity contribution in [3.05, 3.63) is 53.3 Å². The summed E-state index contributed by atoms with van der Waals surface area (Å²) >= 11 is 0. The molecule has 0 heterocycles. The first-order valence-electron chi connectivity index (χ1n) is 6.24. The van der Waals surface area contributed by atoms with Gasteiger partial charge < -0.3 is 10.5 Å². The zero-order chi connectivity index (χ0) is 14.7. The van der Waals surface area contributed by atoms with E-state index in [1.54, 1.807) is 26.3 Å². The highest BCUT2D eigenvalue weighted by Gasteiger charge is 2.11. The second-order valence-corrected chi connectivity index (χ2v) is 4.47. The predicted octanol–water partition coefficient (Wildman–Crippen LogP) is 3.14. The van der Waals surface area contributed by atoms with Gasteiger partial charge in [-0.2, -0.15) is 0 Å². The van der Waals surface area contributed by atoms with Gasteiger partial charge in [-0.25, -0.2) is 4.39 Å². The van der Waals surface area contributed by atoms with Crippen LogP contribution in [-0.2, 0) is 0 Å². The zero-order valence-corrected chi connectivity index (χ0v) is 11.8. The van der Waals surface area contributed by atoms with Crippen molar-refractivity contribution in [1.29, 1.82) is 0 Å². The minimum absolute atomic E-state index is 0.261. The highest BCUT2D eigenvalue weighted by molar-refractivity contribution is 6.00.